The Labute approximate surface area is 166 Å². The number of fused-ring (bicyclic) bond motifs is 2. The maximum Gasteiger partial charge on any atom is 0.303 e. The molecule has 0 aromatic rings. The van der Waals surface area contributed by atoms with Crippen molar-refractivity contribution >= 4 is 29.7 Å². The summed E-state index contributed by atoms with van der Waals surface area (Å²) < 4.78 is 32.6. The monoisotopic (exact) mass is 416 g/mol. The second-order valence-corrected chi connectivity index (χ2v) is 7.00. The summed E-state index contributed by atoms with van der Waals surface area (Å²) in [5, 5.41) is 0. The van der Waals surface area contributed by atoms with Gasteiger partial charge in [0.15, 0.2) is 30.2 Å². The second-order valence-electron chi connectivity index (χ2n) is 7.00. The molecule has 0 aromatic carbocycles. The Morgan fingerprint density at radius 2 is 1.28 bits per heavy atom. The molecule has 7 atom stereocenters. The Hall–Kier alpha value is -2.53. The highest BCUT2D eigenvalue weighted by Gasteiger charge is 2.67. The van der Waals surface area contributed by atoms with E-state index in [0.29, 0.717) is 0 Å². The number of esters is 4. The molecule has 2 bridgehead atoms. The number of rotatable bonds is 6. The standard InChI is InChI=1S/C18H24O11/c1-7(19)12(24-8(2)20)14-13(25-9(3)21)15-16(26-10(4)22)17(27-11(5)23)18(6,28-14)29-15/h12-17H,1-6H3/t12-,13-,14+,15-,16-,17+,18-/m0/s1. The zero-order chi connectivity index (χ0) is 22.1. The van der Waals surface area contributed by atoms with Gasteiger partial charge in [-0.3, -0.25) is 24.0 Å². The van der Waals surface area contributed by atoms with Gasteiger partial charge in [0, 0.05) is 27.7 Å². The molecule has 0 saturated carbocycles. The molecule has 29 heavy (non-hydrogen) atoms. The quantitative estimate of drug-likeness (QED) is 0.420. The second kappa shape index (κ2) is 8.46. The Bertz CT molecular complexity index is 717. The van der Waals surface area contributed by atoms with Crippen LogP contribution in [0.4, 0.5) is 0 Å². The van der Waals surface area contributed by atoms with Crippen LogP contribution >= 0.6 is 0 Å². The molecule has 2 fully saturated rings. The molecular weight excluding hydrogens is 392 g/mol. The van der Waals surface area contributed by atoms with E-state index in [2.05, 4.69) is 0 Å². The zero-order valence-electron chi connectivity index (χ0n) is 17.0. The van der Waals surface area contributed by atoms with Gasteiger partial charge in [-0.15, -0.1) is 0 Å². The molecule has 2 saturated heterocycles. The molecule has 0 N–H and O–H groups in total. The third-order valence-electron chi connectivity index (χ3n) is 4.42. The lowest BCUT2D eigenvalue weighted by Crippen LogP contribution is -2.60. The molecule has 0 unspecified atom stereocenters. The van der Waals surface area contributed by atoms with Crippen LogP contribution in [0, 0.1) is 0 Å². The lowest BCUT2D eigenvalue weighted by Gasteiger charge is -2.42. The minimum absolute atomic E-state index is 0.569. The van der Waals surface area contributed by atoms with E-state index in [9.17, 15) is 24.0 Å². The van der Waals surface area contributed by atoms with Gasteiger partial charge in [-0.1, -0.05) is 0 Å². The Morgan fingerprint density at radius 3 is 1.72 bits per heavy atom. The van der Waals surface area contributed by atoms with Crippen molar-refractivity contribution in [2.75, 3.05) is 0 Å². The first kappa shape index (κ1) is 22.8. The Morgan fingerprint density at radius 1 is 0.759 bits per heavy atom. The lowest BCUT2D eigenvalue weighted by molar-refractivity contribution is -0.337. The Balaban J connectivity index is 2.53. The molecule has 0 aromatic heterocycles. The number of ketones is 1. The first-order valence-electron chi connectivity index (χ1n) is 8.90. The minimum Gasteiger partial charge on any atom is -0.457 e. The number of Topliss-reactive ketones (excluding diaryl/α,β-unsaturated/α-hetero) is 1. The molecule has 2 rings (SSSR count). The molecule has 0 amide bonds. The average molecular weight is 416 g/mol. The normalized spacial score (nSPS) is 33.9. The maximum absolute atomic E-state index is 12.2. The van der Waals surface area contributed by atoms with Crippen LogP contribution < -0.4 is 0 Å². The predicted octanol–water partition coefficient (Wildman–Crippen LogP) is -0.184. The summed E-state index contributed by atoms with van der Waals surface area (Å²) in [5.74, 6) is -5.12. The number of carbonyl (C=O) groups is 5. The fourth-order valence-corrected chi connectivity index (χ4v) is 3.54. The highest BCUT2D eigenvalue weighted by Crippen LogP contribution is 2.45. The molecule has 0 spiro atoms. The van der Waals surface area contributed by atoms with Gasteiger partial charge >= 0.3 is 23.9 Å². The largest absolute Gasteiger partial charge is 0.457 e. The minimum atomic E-state index is -1.66. The van der Waals surface area contributed by atoms with Crippen molar-refractivity contribution in [2.24, 2.45) is 0 Å². The van der Waals surface area contributed by atoms with Crippen LogP contribution in [0.3, 0.4) is 0 Å². The summed E-state index contributed by atoms with van der Waals surface area (Å²) in [4.78, 5) is 58.6. The number of hydrogen-bond donors (Lipinski definition) is 0. The molecule has 0 aliphatic carbocycles. The van der Waals surface area contributed by atoms with Crippen LogP contribution in [0.1, 0.15) is 41.5 Å². The number of carbonyl (C=O) groups excluding carboxylic acids is 5. The summed E-state index contributed by atoms with van der Waals surface area (Å²) >= 11 is 0. The first-order chi connectivity index (χ1) is 13.4. The molecule has 0 radical (unpaired) electrons. The molecule has 2 heterocycles. The van der Waals surface area contributed by atoms with Crippen molar-refractivity contribution in [3.05, 3.63) is 0 Å². The fourth-order valence-electron chi connectivity index (χ4n) is 3.54. The van der Waals surface area contributed by atoms with Crippen LogP contribution in [0.25, 0.3) is 0 Å². The van der Waals surface area contributed by atoms with Crippen molar-refractivity contribution in [1.29, 1.82) is 0 Å². The number of hydrogen-bond acceptors (Lipinski definition) is 11. The number of ether oxygens (including phenoxy) is 6. The smallest absolute Gasteiger partial charge is 0.303 e. The van der Waals surface area contributed by atoms with Gasteiger partial charge in [0.05, 0.1) is 0 Å². The first-order valence-corrected chi connectivity index (χ1v) is 8.90. The van der Waals surface area contributed by atoms with Crippen LogP contribution in [-0.2, 0) is 52.4 Å². The van der Waals surface area contributed by atoms with Gasteiger partial charge in [0.25, 0.3) is 0 Å². The van der Waals surface area contributed by atoms with Crippen LogP contribution in [0.5, 0.6) is 0 Å². The topological polar surface area (TPSA) is 141 Å². The maximum atomic E-state index is 12.2. The van der Waals surface area contributed by atoms with E-state index in [-0.39, 0.29) is 0 Å². The van der Waals surface area contributed by atoms with Crippen molar-refractivity contribution in [2.45, 2.75) is 84.0 Å². The van der Waals surface area contributed by atoms with Crippen molar-refractivity contribution < 1.29 is 52.4 Å². The predicted molar refractivity (Wildman–Crippen MR) is 91.0 cm³/mol. The molecule has 162 valence electrons. The summed E-state index contributed by atoms with van der Waals surface area (Å²) in [5.41, 5.74) is 0. The van der Waals surface area contributed by atoms with E-state index in [0.717, 1.165) is 27.7 Å². The molecule has 2 aliphatic rings. The summed E-state index contributed by atoms with van der Waals surface area (Å²) in [6.07, 6.45) is -7.58. The van der Waals surface area contributed by atoms with Crippen LogP contribution in [0.2, 0.25) is 0 Å². The van der Waals surface area contributed by atoms with E-state index in [1.807, 2.05) is 0 Å². The average Bonchev–Trinajstić information content (AvgIpc) is 2.76. The van der Waals surface area contributed by atoms with E-state index in [4.69, 9.17) is 28.4 Å². The van der Waals surface area contributed by atoms with Gasteiger partial charge in [0.2, 0.25) is 5.79 Å². The molecule has 11 heteroatoms. The fraction of sp³-hybridized carbons (Fsp3) is 0.722. The van der Waals surface area contributed by atoms with E-state index >= 15 is 0 Å². The van der Waals surface area contributed by atoms with E-state index in [1.54, 1.807) is 0 Å². The highest BCUT2D eigenvalue weighted by molar-refractivity contribution is 5.84. The summed E-state index contributed by atoms with van der Waals surface area (Å²) in [7, 11) is 0. The van der Waals surface area contributed by atoms with Gasteiger partial charge in [-0.05, 0) is 13.8 Å². The molecule has 2 aliphatic heterocycles. The third-order valence-corrected chi connectivity index (χ3v) is 4.42. The van der Waals surface area contributed by atoms with Crippen LogP contribution in [0.15, 0.2) is 0 Å². The van der Waals surface area contributed by atoms with Crippen LogP contribution in [-0.4, -0.2) is 72.1 Å². The van der Waals surface area contributed by atoms with Gasteiger partial charge < -0.3 is 28.4 Å². The molecule has 11 nitrogen and oxygen atoms in total. The lowest BCUT2D eigenvalue weighted by atomic mass is 9.96. The summed E-state index contributed by atoms with van der Waals surface area (Å²) in [6, 6.07) is 0. The highest BCUT2D eigenvalue weighted by atomic mass is 16.8. The molecular formula is C18H24O11. The van der Waals surface area contributed by atoms with Gasteiger partial charge in [-0.25, -0.2) is 0 Å². The van der Waals surface area contributed by atoms with Gasteiger partial charge in [0.1, 0.15) is 12.2 Å². The van der Waals surface area contributed by atoms with Crippen molar-refractivity contribution in [1.82, 2.24) is 0 Å². The van der Waals surface area contributed by atoms with Gasteiger partial charge in [-0.2, -0.15) is 0 Å². The summed E-state index contributed by atoms with van der Waals surface area (Å²) in [6.45, 7) is 7.11. The third kappa shape index (κ3) is 4.91. The Kier molecular flexibility index (Phi) is 6.63. The van der Waals surface area contributed by atoms with Crippen molar-refractivity contribution in [3.8, 4) is 0 Å². The van der Waals surface area contributed by atoms with Crippen molar-refractivity contribution in [3.63, 3.8) is 0 Å². The van der Waals surface area contributed by atoms with E-state index < -0.39 is 72.1 Å². The zero-order valence-corrected chi connectivity index (χ0v) is 17.0. The van der Waals surface area contributed by atoms with E-state index in [1.165, 1.54) is 13.8 Å². The SMILES string of the molecule is CC(=O)O[C@@H]1[C@@H]2O[C@](C)(O[C@@H]1[C@@H](OC(C)=O)C(C)=O)[C@H](OC(C)=O)[C@H]2OC(C)=O.